The number of nitro groups is 1. The summed E-state index contributed by atoms with van der Waals surface area (Å²) >= 11 is 0. The van der Waals surface area contributed by atoms with Crippen molar-refractivity contribution in [1.29, 1.82) is 0 Å². The Hall–Kier alpha value is -1.91. The summed E-state index contributed by atoms with van der Waals surface area (Å²) in [6.45, 7) is 0. The van der Waals surface area contributed by atoms with Gasteiger partial charge in [-0.1, -0.05) is 18.9 Å². The number of non-ortho nitro benzene ring substituents is 1. The van der Waals surface area contributed by atoms with Gasteiger partial charge in [-0.15, -0.1) is 0 Å². The topological polar surface area (TPSA) is 69.4 Å². The molecular weight excluding hydrogens is 246 g/mol. The lowest BCUT2D eigenvalue weighted by molar-refractivity contribution is -0.385. The number of hydrogen-bond acceptors (Lipinski definition) is 4. The molecule has 0 heterocycles. The predicted molar refractivity (Wildman–Crippen MR) is 68.0 cm³/mol. The van der Waals surface area contributed by atoms with Gasteiger partial charge >= 0.3 is 0 Å². The van der Waals surface area contributed by atoms with Crippen molar-refractivity contribution in [1.82, 2.24) is 0 Å². The maximum Gasteiger partial charge on any atom is 0.273 e. The summed E-state index contributed by atoms with van der Waals surface area (Å²) in [6.07, 6.45) is 4.25. The zero-order valence-corrected chi connectivity index (χ0v) is 10.5. The molecule has 1 atom stereocenters. The Kier molecular flexibility index (Phi) is 2.77. The van der Waals surface area contributed by atoms with Crippen LogP contribution in [0.25, 0.3) is 0 Å². The van der Waals surface area contributed by atoms with Gasteiger partial charge in [0.05, 0.1) is 16.4 Å². The van der Waals surface area contributed by atoms with E-state index in [9.17, 15) is 14.9 Å². The van der Waals surface area contributed by atoms with Gasteiger partial charge in [0, 0.05) is 12.5 Å². The number of benzene rings is 1. The zero-order valence-electron chi connectivity index (χ0n) is 10.5. The molecule has 0 saturated heterocycles. The van der Waals surface area contributed by atoms with Crippen LogP contribution in [0.2, 0.25) is 0 Å². The van der Waals surface area contributed by atoms with Gasteiger partial charge in [-0.2, -0.15) is 0 Å². The lowest BCUT2D eigenvalue weighted by Gasteiger charge is -2.44. The van der Waals surface area contributed by atoms with E-state index in [0.29, 0.717) is 18.0 Å². The lowest BCUT2D eigenvalue weighted by Crippen LogP contribution is -2.55. The minimum Gasteiger partial charge on any atom is -0.489 e. The van der Waals surface area contributed by atoms with E-state index in [1.54, 1.807) is 12.1 Å². The van der Waals surface area contributed by atoms with Crippen molar-refractivity contribution < 1.29 is 14.5 Å². The quantitative estimate of drug-likeness (QED) is 0.619. The number of nitro benzene ring substituents is 1. The molecule has 2 fully saturated rings. The van der Waals surface area contributed by atoms with E-state index in [-0.39, 0.29) is 17.2 Å². The highest BCUT2D eigenvalue weighted by Gasteiger charge is 2.57. The highest BCUT2D eigenvalue weighted by molar-refractivity contribution is 5.92. The highest BCUT2D eigenvalue weighted by Crippen LogP contribution is 2.52. The molecule has 0 aromatic heterocycles. The maximum atomic E-state index is 11.8. The first kappa shape index (κ1) is 12.1. The monoisotopic (exact) mass is 261 g/mol. The molecule has 100 valence electrons. The summed E-state index contributed by atoms with van der Waals surface area (Å²) in [6, 6.07) is 6.17. The normalized spacial score (nSPS) is 24.2. The Morgan fingerprint density at radius 2 is 2.05 bits per heavy atom. The van der Waals surface area contributed by atoms with Crippen LogP contribution in [0, 0.1) is 15.5 Å². The van der Waals surface area contributed by atoms with Gasteiger partial charge in [-0.25, -0.2) is 0 Å². The predicted octanol–water partition coefficient (Wildman–Crippen LogP) is 2.88. The molecule has 2 aliphatic carbocycles. The second-order valence-electron chi connectivity index (χ2n) is 5.35. The Balaban J connectivity index is 1.77. The number of hydrogen-bond donors (Lipinski definition) is 0. The summed E-state index contributed by atoms with van der Waals surface area (Å²) in [4.78, 5) is 22.1. The number of carbonyl (C=O) groups is 1. The van der Waals surface area contributed by atoms with Crippen LogP contribution in [-0.4, -0.2) is 16.8 Å². The fourth-order valence-electron chi connectivity index (χ4n) is 3.21. The fourth-order valence-corrected chi connectivity index (χ4v) is 3.21. The minimum absolute atomic E-state index is 0.0172. The van der Waals surface area contributed by atoms with Crippen LogP contribution in [0.5, 0.6) is 5.75 Å². The second kappa shape index (κ2) is 4.33. The van der Waals surface area contributed by atoms with Crippen LogP contribution in [0.1, 0.15) is 32.1 Å². The van der Waals surface area contributed by atoms with Crippen molar-refractivity contribution in [3.05, 3.63) is 34.4 Å². The van der Waals surface area contributed by atoms with Gasteiger partial charge in [0.15, 0.2) is 0 Å². The molecule has 1 aromatic rings. The summed E-state index contributed by atoms with van der Waals surface area (Å²) in [7, 11) is 0. The van der Waals surface area contributed by atoms with Crippen LogP contribution in [0.15, 0.2) is 24.3 Å². The third kappa shape index (κ3) is 1.89. The fraction of sp³-hybridized carbons (Fsp3) is 0.500. The molecule has 0 amide bonds. The first-order valence-corrected chi connectivity index (χ1v) is 6.56. The summed E-state index contributed by atoms with van der Waals surface area (Å²) < 4.78 is 5.82. The van der Waals surface area contributed by atoms with Crippen LogP contribution >= 0.6 is 0 Å². The van der Waals surface area contributed by atoms with Crippen LogP contribution in [-0.2, 0) is 4.79 Å². The summed E-state index contributed by atoms with van der Waals surface area (Å²) in [5.74, 6) is 0.776. The molecule has 0 N–H and O–H groups in total. The van der Waals surface area contributed by atoms with Crippen molar-refractivity contribution in [3.63, 3.8) is 0 Å². The van der Waals surface area contributed by atoms with Crippen molar-refractivity contribution in [2.45, 2.75) is 38.2 Å². The lowest BCUT2D eigenvalue weighted by atomic mass is 9.63. The van der Waals surface area contributed by atoms with E-state index < -0.39 is 4.92 Å². The third-order valence-corrected chi connectivity index (χ3v) is 4.35. The highest BCUT2D eigenvalue weighted by atomic mass is 16.6. The van der Waals surface area contributed by atoms with E-state index in [1.807, 2.05) is 0 Å². The maximum absolute atomic E-state index is 11.8. The molecule has 3 rings (SSSR count). The molecule has 5 nitrogen and oxygen atoms in total. The molecule has 0 radical (unpaired) electrons. The zero-order chi connectivity index (χ0) is 13.5. The molecule has 5 heteroatoms. The number of carbonyl (C=O) groups excluding carboxylic acids is 1. The summed E-state index contributed by atoms with van der Waals surface area (Å²) in [5.41, 5.74) is -0.284. The molecule has 1 aromatic carbocycles. The molecule has 19 heavy (non-hydrogen) atoms. The molecule has 0 aliphatic heterocycles. The molecule has 0 bridgehead atoms. The van der Waals surface area contributed by atoms with E-state index in [1.165, 1.54) is 12.1 Å². The second-order valence-corrected chi connectivity index (χ2v) is 5.35. The smallest absolute Gasteiger partial charge is 0.273 e. The van der Waals surface area contributed by atoms with E-state index in [4.69, 9.17) is 4.74 Å². The molecule has 2 aliphatic rings. The average molecular weight is 261 g/mol. The van der Waals surface area contributed by atoms with E-state index in [2.05, 4.69) is 0 Å². The van der Waals surface area contributed by atoms with Crippen molar-refractivity contribution >= 4 is 11.5 Å². The van der Waals surface area contributed by atoms with Gasteiger partial charge in [0.1, 0.15) is 17.6 Å². The Morgan fingerprint density at radius 3 is 2.68 bits per heavy atom. The van der Waals surface area contributed by atoms with Crippen molar-refractivity contribution in [3.8, 4) is 5.75 Å². The molecular formula is C14H15NO4. The number of nitrogens with zero attached hydrogens (tertiary/aromatic N) is 1. The van der Waals surface area contributed by atoms with Gasteiger partial charge in [0.2, 0.25) is 0 Å². The van der Waals surface area contributed by atoms with Gasteiger partial charge < -0.3 is 4.74 Å². The summed E-state index contributed by atoms with van der Waals surface area (Å²) in [5, 5.41) is 10.7. The van der Waals surface area contributed by atoms with Crippen LogP contribution < -0.4 is 4.74 Å². The Labute approximate surface area is 110 Å². The van der Waals surface area contributed by atoms with Crippen LogP contribution in [0.3, 0.4) is 0 Å². The van der Waals surface area contributed by atoms with Gasteiger partial charge in [-0.05, 0) is 18.9 Å². The molecule has 1 spiro atoms. The van der Waals surface area contributed by atoms with Crippen LogP contribution in [0.4, 0.5) is 5.69 Å². The number of ether oxygens (including phenoxy) is 1. The number of ketones is 1. The third-order valence-electron chi connectivity index (χ3n) is 4.35. The Bertz CT molecular complexity index is 534. The largest absolute Gasteiger partial charge is 0.489 e. The van der Waals surface area contributed by atoms with E-state index >= 15 is 0 Å². The first-order valence-electron chi connectivity index (χ1n) is 6.56. The molecule has 1 unspecified atom stereocenters. The Morgan fingerprint density at radius 1 is 1.32 bits per heavy atom. The standard InChI is InChI=1S/C14H15NO4/c16-12-9-13(14(12)6-1-2-7-14)19-11-5-3-4-10(8-11)15(17)18/h3-5,8,13H,1-2,6-7,9H2. The first-order chi connectivity index (χ1) is 9.12. The van der Waals surface area contributed by atoms with Crippen molar-refractivity contribution in [2.24, 2.45) is 5.41 Å². The molecule has 2 saturated carbocycles. The minimum atomic E-state index is -0.440. The average Bonchev–Trinajstić information content (AvgIpc) is 2.91. The van der Waals surface area contributed by atoms with Gasteiger partial charge in [0.25, 0.3) is 5.69 Å². The van der Waals surface area contributed by atoms with Crippen molar-refractivity contribution in [2.75, 3.05) is 0 Å². The number of rotatable bonds is 3. The van der Waals surface area contributed by atoms with E-state index in [0.717, 1.165) is 25.7 Å². The van der Waals surface area contributed by atoms with Gasteiger partial charge in [-0.3, -0.25) is 14.9 Å². The number of Topliss-reactive ketones (excluding diaryl/α,β-unsaturated/α-hetero) is 1. The SMILES string of the molecule is O=C1CC(Oc2cccc([N+](=O)[O-])c2)C12CCCC2.